The van der Waals surface area contributed by atoms with Gasteiger partial charge < -0.3 is 31.0 Å². The number of benzene rings is 1. The van der Waals surface area contributed by atoms with Crippen LogP contribution in [0.1, 0.15) is 42.4 Å². The average Bonchev–Trinajstić information content (AvgIpc) is 3.57. The Labute approximate surface area is 192 Å². The molecule has 8 heteroatoms. The molecular weight excluding hydrogens is 423 g/mol. The molecule has 7 nitrogen and oxygen atoms in total. The molecule has 33 heavy (non-hydrogen) atoms. The zero-order valence-corrected chi connectivity index (χ0v) is 18.2. The number of hydrogen-bond donors (Lipinski definition) is 4. The van der Waals surface area contributed by atoms with Gasteiger partial charge in [-0.1, -0.05) is 11.8 Å². The first-order valence-electron chi connectivity index (χ1n) is 10.9. The van der Waals surface area contributed by atoms with E-state index in [4.69, 9.17) is 20.6 Å². The monoisotopic (exact) mass is 450 g/mol. The molecule has 1 aromatic carbocycles. The molecule has 4 rings (SSSR count). The molecule has 2 heterocycles. The Kier molecular flexibility index (Phi) is 6.92. The number of ether oxygens (including phenoxy) is 2. The van der Waals surface area contributed by atoms with Gasteiger partial charge >= 0.3 is 0 Å². The van der Waals surface area contributed by atoms with Crippen molar-refractivity contribution >= 4 is 17.6 Å². The third-order valence-electron chi connectivity index (χ3n) is 5.66. The highest BCUT2D eigenvalue weighted by Crippen LogP contribution is 2.34. The Bertz CT molecular complexity index is 1110. The molecule has 0 unspecified atom stereocenters. The molecule has 0 amide bonds. The minimum absolute atomic E-state index is 0.0646. The van der Waals surface area contributed by atoms with E-state index in [-0.39, 0.29) is 12.4 Å². The van der Waals surface area contributed by atoms with E-state index in [9.17, 15) is 9.50 Å². The summed E-state index contributed by atoms with van der Waals surface area (Å²) < 4.78 is 25.5. The van der Waals surface area contributed by atoms with Crippen molar-refractivity contribution in [2.75, 3.05) is 18.9 Å². The quantitative estimate of drug-likeness (QED) is 0.381. The second-order valence-corrected chi connectivity index (χ2v) is 8.28. The number of hydrogen-bond acceptors (Lipinski definition) is 7. The fourth-order valence-corrected chi connectivity index (χ4v) is 3.36. The number of aliphatic hydroxyl groups is 1. The summed E-state index contributed by atoms with van der Waals surface area (Å²) in [5.74, 6) is 5.76. The van der Waals surface area contributed by atoms with Crippen LogP contribution in [0.5, 0.6) is 5.75 Å². The highest BCUT2D eigenvalue weighted by Gasteiger charge is 2.38. The van der Waals surface area contributed by atoms with E-state index in [1.165, 1.54) is 12.3 Å². The number of nitrogen functional groups attached to an aromatic ring is 1. The molecule has 1 saturated heterocycles. The van der Waals surface area contributed by atoms with E-state index in [0.717, 1.165) is 26.1 Å². The van der Waals surface area contributed by atoms with E-state index in [2.05, 4.69) is 22.1 Å². The predicted octanol–water partition coefficient (Wildman–Crippen LogP) is 3.02. The van der Waals surface area contributed by atoms with Gasteiger partial charge in [0.15, 0.2) is 11.6 Å². The minimum Gasteiger partial charge on any atom is -0.485 e. The van der Waals surface area contributed by atoms with Gasteiger partial charge in [0.25, 0.3) is 0 Å². The Morgan fingerprint density at radius 1 is 1.36 bits per heavy atom. The van der Waals surface area contributed by atoms with E-state index >= 15 is 0 Å². The van der Waals surface area contributed by atoms with Crippen LogP contribution in [0, 0.1) is 23.1 Å². The van der Waals surface area contributed by atoms with E-state index in [1.54, 1.807) is 30.6 Å². The van der Waals surface area contributed by atoms with Gasteiger partial charge in [-0.3, -0.25) is 0 Å². The summed E-state index contributed by atoms with van der Waals surface area (Å²) in [4.78, 5) is 4.18. The fraction of sp³-hybridized carbons (Fsp3) is 0.360. The van der Waals surface area contributed by atoms with E-state index in [1.807, 2.05) is 0 Å². The number of aromatic nitrogens is 1. The van der Waals surface area contributed by atoms with Crippen LogP contribution in [-0.2, 0) is 11.3 Å². The maximum Gasteiger partial charge on any atom is 0.166 e. The second-order valence-electron chi connectivity index (χ2n) is 8.28. The summed E-state index contributed by atoms with van der Waals surface area (Å²) in [5, 5.41) is 21.0. The molecule has 2 aliphatic rings. The first kappa shape index (κ1) is 22.8. The van der Waals surface area contributed by atoms with E-state index < -0.39 is 11.4 Å². The van der Waals surface area contributed by atoms with Crippen molar-refractivity contribution in [3.05, 3.63) is 59.2 Å². The largest absolute Gasteiger partial charge is 0.485 e. The first-order chi connectivity index (χ1) is 16.0. The molecule has 1 saturated carbocycles. The van der Waals surface area contributed by atoms with Crippen molar-refractivity contribution in [1.29, 1.82) is 5.41 Å². The number of nitrogens with zero attached hydrogens (tertiary/aromatic N) is 1. The zero-order valence-electron chi connectivity index (χ0n) is 18.2. The predicted molar refractivity (Wildman–Crippen MR) is 124 cm³/mol. The lowest BCUT2D eigenvalue weighted by Crippen LogP contribution is -2.31. The number of halogens is 1. The van der Waals surface area contributed by atoms with Gasteiger partial charge in [-0.25, -0.2) is 9.37 Å². The van der Waals surface area contributed by atoms with Gasteiger partial charge in [0, 0.05) is 60.1 Å². The summed E-state index contributed by atoms with van der Waals surface area (Å²) in [7, 11) is 0. The topological polar surface area (TPSA) is 113 Å². The van der Waals surface area contributed by atoms with Crippen molar-refractivity contribution < 1.29 is 19.0 Å². The zero-order chi connectivity index (χ0) is 23.3. The highest BCUT2D eigenvalue weighted by atomic mass is 19.1. The highest BCUT2D eigenvalue weighted by molar-refractivity contribution is 6.08. The number of nitrogens with two attached hydrogens (primary N) is 1. The Morgan fingerprint density at radius 2 is 2.15 bits per heavy atom. The second kappa shape index (κ2) is 10.0. The molecule has 2 fully saturated rings. The summed E-state index contributed by atoms with van der Waals surface area (Å²) in [6.07, 6.45) is 7.74. The van der Waals surface area contributed by atoms with Gasteiger partial charge in [0.2, 0.25) is 0 Å². The SMILES string of the molecule is N=C/C(=C\NC1CCOCC1)c1cnc(N)c(OCc2cc(C#CC3(O)CC3)ccc2F)c1. The van der Waals surface area contributed by atoms with Crippen molar-refractivity contribution in [2.24, 2.45) is 0 Å². The lowest BCUT2D eigenvalue weighted by Gasteiger charge is -2.22. The first-order valence-corrected chi connectivity index (χ1v) is 10.9. The Hall–Kier alpha value is -3.41. The molecule has 0 atom stereocenters. The van der Waals surface area contributed by atoms with Crippen molar-refractivity contribution in [1.82, 2.24) is 10.3 Å². The van der Waals surface area contributed by atoms with Crippen LogP contribution < -0.4 is 15.8 Å². The van der Waals surface area contributed by atoms with Crippen LogP contribution in [0.4, 0.5) is 10.2 Å². The minimum atomic E-state index is -0.897. The number of nitrogens with one attached hydrogen (secondary N) is 2. The van der Waals surface area contributed by atoms with Gasteiger partial charge in [0.05, 0.1) is 0 Å². The smallest absolute Gasteiger partial charge is 0.166 e. The molecule has 172 valence electrons. The lowest BCUT2D eigenvalue weighted by molar-refractivity contribution is 0.0812. The van der Waals surface area contributed by atoms with Gasteiger partial charge in [-0.05, 0) is 49.9 Å². The maximum atomic E-state index is 14.3. The van der Waals surface area contributed by atoms with Crippen LogP contribution in [0.3, 0.4) is 0 Å². The molecular formula is C25H27FN4O3. The summed E-state index contributed by atoms with van der Waals surface area (Å²) in [5.41, 5.74) is 7.28. The van der Waals surface area contributed by atoms with Crippen LogP contribution in [0.25, 0.3) is 5.57 Å². The van der Waals surface area contributed by atoms with Crippen LogP contribution in [0.15, 0.2) is 36.7 Å². The normalized spacial score (nSPS) is 17.6. The van der Waals surface area contributed by atoms with Crippen molar-refractivity contribution in [3.8, 4) is 17.6 Å². The van der Waals surface area contributed by atoms with Crippen molar-refractivity contribution in [3.63, 3.8) is 0 Å². The molecule has 1 aliphatic carbocycles. The van der Waals surface area contributed by atoms with E-state index in [0.29, 0.717) is 46.9 Å². The average molecular weight is 451 g/mol. The summed E-state index contributed by atoms with van der Waals surface area (Å²) in [6, 6.07) is 6.48. The van der Waals surface area contributed by atoms with Gasteiger partial charge in [-0.2, -0.15) is 0 Å². The van der Waals surface area contributed by atoms with Crippen LogP contribution in [-0.4, -0.2) is 41.2 Å². The summed E-state index contributed by atoms with van der Waals surface area (Å²) >= 11 is 0. The van der Waals surface area contributed by atoms with Crippen molar-refractivity contribution in [2.45, 2.75) is 43.9 Å². The van der Waals surface area contributed by atoms with Gasteiger partial charge in [0.1, 0.15) is 18.0 Å². The molecule has 0 spiro atoms. The number of pyridine rings is 1. The third-order valence-corrected chi connectivity index (χ3v) is 5.66. The standard InChI is InChI=1S/C25H27FN4O3/c26-22-2-1-17(3-6-25(31)7-8-25)11-19(22)16-33-23-12-18(14-30-24(23)28)20(13-27)15-29-21-4-9-32-10-5-21/h1-2,11-15,21,27,29,31H,4-5,7-10,16H2,(H2,28,30)/b20-15+,27-13?. The maximum absolute atomic E-state index is 14.3. The van der Waals surface area contributed by atoms with Crippen LogP contribution >= 0.6 is 0 Å². The summed E-state index contributed by atoms with van der Waals surface area (Å²) in [6.45, 7) is 1.37. The molecule has 0 bridgehead atoms. The number of rotatable bonds is 7. The van der Waals surface area contributed by atoms with Gasteiger partial charge in [-0.15, -0.1) is 0 Å². The molecule has 1 aromatic heterocycles. The molecule has 5 N–H and O–H groups in total. The Balaban J connectivity index is 1.46. The lowest BCUT2D eigenvalue weighted by atomic mass is 10.1. The molecule has 0 radical (unpaired) electrons. The number of anilines is 1. The van der Waals surface area contributed by atoms with Crippen LogP contribution in [0.2, 0.25) is 0 Å². The number of allylic oxidation sites excluding steroid dienone is 1. The third kappa shape index (κ3) is 6.09. The molecule has 1 aliphatic heterocycles. The molecule has 2 aromatic rings. The fourth-order valence-electron chi connectivity index (χ4n) is 3.36. The Morgan fingerprint density at radius 3 is 2.88 bits per heavy atom.